The normalized spacial score (nSPS) is 18.8. The van der Waals surface area contributed by atoms with Gasteiger partial charge in [-0.3, -0.25) is 9.59 Å². The molecule has 8 heteroatoms. The van der Waals surface area contributed by atoms with Crippen LogP contribution in [0.15, 0.2) is 63.4 Å². The fourth-order valence-electron chi connectivity index (χ4n) is 5.42. The number of hydrogen-bond acceptors (Lipinski definition) is 6. The van der Waals surface area contributed by atoms with Crippen LogP contribution in [0.4, 0.5) is 0 Å². The topological polar surface area (TPSA) is 100 Å². The summed E-state index contributed by atoms with van der Waals surface area (Å²) in [7, 11) is 0. The van der Waals surface area contributed by atoms with E-state index in [0.717, 1.165) is 35.4 Å². The molecule has 0 saturated heterocycles. The third kappa shape index (κ3) is 6.84. The van der Waals surface area contributed by atoms with Crippen molar-refractivity contribution < 1.29 is 19.1 Å². The number of Topliss-reactive ketones (excluding diaryl/α,β-unsaturated/α-hetero) is 1. The molecule has 0 bridgehead atoms. The Morgan fingerprint density at radius 3 is 2.59 bits per heavy atom. The van der Waals surface area contributed by atoms with Gasteiger partial charge in [0.15, 0.2) is 17.3 Å². The Labute approximate surface area is 251 Å². The van der Waals surface area contributed by atoms with E-state index in [1.807, 2.05) is 65.0 Å². The van der Waals surface area contributed by atoms with Gasteiger partial charge in [0.2, 0.25) is 0 Å². The van der Waals surface area contributed by atoms with Gasteiger partial charge in [0, 0.05) is 34.5 Å². The number of benzene rings is 2. The van der Waals surface area contributed by atoms with Crippen LogP contribution in [0.3, 0.4) is 0 Å². The predicted octanol–water partition coefficient (Wildman–Crippen LogP) is 7.08. The first-order chi connectivity index (χ1) is 19.4. The standard InChI is InChI=1S/C33H38BrN3O4/c1-7-20-13-26-30(27(38)14-20)29(24(17-35)19(3)36-26)23-15-25(34)31(28(16-23)40-8-2)41-18-21-10-9-11-22(12-21)32(39)37-33(4,5)6/h9-12,15-16,20,29,36H,7-8,13-14,18H2,1-6H3,(H,37,39). The van der Waals surface area contributed by atoms with Crippen LogP contribution in [0, 0.1) is 17.2 Å². The average molecular weight is 621 g/mol. The number of nitriles is 1. The highest BCUT2D eigenvalue weighted by Crippen LogP contribution is 2.47. The van der Waals surface area contributed by atoms with Crippen LogP contribution >= 0.6 is 15.9 Å². The third-order valence-corrected chi connectivity index (χ3v) is 7.92. The molecule has 0 fully saturated rings. The molecule has 4 rings (SSSR count). The van der Waals surface area contributed by atoms with Gasteiger partial charge in [-0.05, 0) is 98.3 Å². The Hall–Kier alpha value is -3.57. The molecule has 216 valence electrons. The van der Waals surface area contributed by atoms with Gasteiger partial charge in [0.25, 0.3) is 5.91 Å². The third-order valence-electron chi connectivity index (χ3n) is 7.34. The van der Waals surface area contributed by atoms with E-state index in [9.17, 15) is 14.9 Å². The summed E-state index contributed by atoms with van der Waals surface area (Å²) in [5.74, 6) is 0.789. The first kappa shape index (κ1) is 30.4. The van der Waals surface area contributed by atoms with Gasteiger partial charge in [-0.2, -0.15) is 5.26 Å². The van der Waals surface area contributed by atoms with Crippen LogP contribution in [0.1, 0.15) is 88.2 Å². The lowest BCUT2D eigenvalue weighted by Gasteiger charge is -2.35. The summed E-state index contributed by atoms with van der Waals surface area (Å²) in [6.45, 7) is 12.3. The summed E-state index contributed by atoms with van der Waals surface area (Å²) in [5.41, 5.74) is 4.73. The summed E-state index contributed by atoms with van der Waals surface area (Å²) >= 11 is 3.68. The Morgan fingerprint density at radius 2 is 1.93 bits per heavy atom. The number of carbonyl (C=O) groups excluding carboxylic acids is 2. The maximum absolute atomic E-state index is 13.4. The number of nitrogens with zero attached hydrogens (tertiary/aromatic N) is 1. The highest BCUT2D eigenvalue weighted by molar-refractivity contribution is 9.10. The predicted molar refractivity (Wildman–Crippen MR) is 163 cm³/mol. The number of rotatable bonds is 8. The summed E-state index contributed by atoms with van der Waals surface area (Å²) < 4.78 is 12.9. The number of ketones is 1. The van der Waals surface area contributed by atoms with E-state index < -0.39 is 5.92 Å². The van der Waals surface area contributed by atoms with E-state index in [-0.39, 0.29) is 23.8 Å². The highest BCUT2D eigenvalue weighted by Gasteiger charge is 2.38. The summed E-state index contributed by atoms with van der Waals surface area (Å²) in [4.78, 5) is 26.1. The molecule has 2 aromatic rings. The lowest BCUT2D eigenvalue weighted by molar-refractivity contribution is -0.117. The van der Waals surface area contributed by atoms with Crippen molar-refractivity contribution in [3.05, 3.63) is 80.1 Å². The summed E-state index contributed by atoms with van der Waals surface area (Å²) in [6.07, 6.45) is 2.20. The van der Waals surface area contributed by atoms with Gasteiger partial charge >= 0.3 is 0 Å². The average Bonchev–Trinajstić information content (AvgIpc) is 2.91. The van der Waals surface area contributed by atoms with Crippen molar-refractivity contribution in [1.82, 2.24) is 10.6 Å². The largest absolute Gasteiger partial charge is 0.490 e. The smallest absolute Gasteiger partial charge is 0.251 e. The maximum atomic E-state index is 13.4. The number of hydrogen-bond donors (Lipinski definition) is 2. The minimum atomic E-state index is -0.482. The SMILES string of the molecule is CCOc1cc(C2C(C#N)=C(C)NC3=C2C(=O)CC(CC)C3)cc(Br)c1OCc1cccc(C(=O)NC(C)(C)C)c1. The zero-order valence-electron chi connectivity index (χ0n) is 24.6. The molecule has 2 aromatic carbocycles. The highest BCUT2D eigenvalue weighted by atomic mass is 79.9. The monoisotopic (exact) mass is 619 g/mol. The molecule has 41 heavy (non-hydrogen) atoms. The van der Waals surface area contributed by atoms with Crippen molar-refractivity contribution in [3.8, 4) is 17.6 Å². The van der Waals surface area contributed by atoms with Crippen LogP contribution in [0.25, 0.3) is 0 Å². The van der Waals surface area contributed by atoms with E-state index in [2.05, 4.69) is 39.6 Å². The molecule has 2 atom stereocenters. The van der Waals surface area contributed by atoms with E-state index in [1.54, 1.807) is 6.07 Å². The van der Waals surface area contributed by atoms with Crippen LogP contribution in [0.5, 0.6) is 11.5 Å². The van der Waals surface area contributed by atoms with Crippen LogP contribution < -0.4 is 20.1 Å². The summed E-state index contributed by atoms with van der Waals surface area (Å²) in [5, 5.41) is 16.5. The molecule has 1 aliphatic carbocycles. The first-order valence-electron chi connectivity index (χ1n) is 14.1. The van der Waals surface area contributed by atoms with E-state index >= 15 is 0 Å². The van der Waals surface area contributed by atoms with E-state index in [0.29, 0.717) is 51.6 Å². The molecule has 7 nitrogen and oxygen atoms in total. The molecule has 0 saturated carbocycles. The Morgan fingerprint density at radius 1 is 1.17 bits per heavy atom. The molecule has 2 N–H and O–H groups in total. The molecular formula is C33H38BrN3O4. The second-order valence-electron chi connectivity index (χ2n) is 11.7. The fourth-order valence-corrected chi connectivity index (χ4v) is 5.99. The second-order valence-corrected chi connectivity index (χ2v) is 12.5. The Bertz CT molecular complexity index is 1460. The van der Waals surface area contributed by atoms with Crippen molar-refractivity contribution in [2.45, 2.75) is 78.9 Å². The van der Waals surface area contributed by atoms with Crippen molar-refractivity contribution in [2.24, 2.45) is 5.92 Å². The van der Waals surface area contributed by atoms with Gasteiger partial charge in [-0.15, -0.1) is 0 Å². The number of ether oxygens (including phenoxy) is 2. The van der Waals surface area contributed by atoms with Gasteiger partial charge in [-0.25, -0.2) is 0 Å². The molecule has 1 heterocycles. The molecule has 2 aliphatic rings. The Balaban J connectivity index is 1.67. The number of carbonyl (C=O) groups is 2. The molecule has 0 radical (unpaired) electrons. The molecule has 0 spiro atoms. The molecule has 1 aliphatic heterocycles. The van der Waals surface area contributed by atoms with Gasteiger partial charge in [0.05, 0.1) is 28.6 Å². The van der Waals surface area contributed by atoms with Crippen LogP contribution in [0.2, 0.25) is 0 Å². The van der Waals surface area contributed by atoms with E-state index in [4.69, 9.17) is 9.47 Å². The lowest BCUT2D eigenvalue weighted by atomic mass is 9.73. The van der Waals surface area contributed by atoms with Crippen molar-refractivity contribution in [1.29, 1.82) is 5.26 Å². The molecular weight excluding hydrogens is 582 g/mol. The first-order valence-corrected chi connectivity index (χ1v) is 14.9. The minimum absolute atomic E-state index is 0.0839. The van der Waals surface area contributed by atoms with Gasteiger partial charge in [-0.1, -0.05) is 25.5 Å². The van der Waals surface area contributed by atoms with Crippen molar-refractivity contribution >= 4 is 27.6 Å². The minimum Gasteiger partial charge on any atom is -0.490 e. The van der Waals surface area contributed by atoms with Crippen LogP contribution in [-0.4, -0.2) is 23.8 Å². The van der Waals surface area contributed by atoms with Crippen molar-refractivity contribution in [2.75, 3.05) is 6.61 Å². The molecule has 0 aromatic heterocycles. The lowest BCUT2D eigenvalue weighted by Crippen LogP contribution is -2.40. The number of halogens is 1. The zero-order chi connectivity index (χ0) is 29.9. The fraction of sp³-hybridized carbons (Fsp3) is 0.424. The van der Waals surface area contributed by atoms with E-state index in [1.165, 1.54) is 0 Å². The van der Waals surface area contributed by atoms with Gasteiger partial charge in [0.1, 0.15) is 6.61 Å². The van der Waals surface area contributed by atoms with Crippen molar-refractivity contribution in [3.63, 3.8) is 0 Å². The van der Waals surface area contributed by atoms with Gasteiger partial charge < -0.3 is 20.1 Å². The number of dihydropyridines is 1. The second kappa shape index (κ2) is 12.5. The molecule has 1 amide bonds. The van der Waals surface area contributed by atoms with Crippen LogP contribution in [-0.2, 0) is 11.4 Å². The number of amides is 1. The molecule has 2 unspecified atom stereocenters. The number of nitrogens with one attached hydrogen (secondary N) is 2. The maximum Gasteiger partial charge on any atom is 0.251 e. The summed E-state index contributed by atoms with van der Waals surface area (Å²) in [6, 6.07) is 13.5. The number of allylic oxidation sites excluding steroid dienone is 4. The quantitative estimate of drug-likeness (QED) is 0.327. The Kier molecular flexibility index (Phi) is 9.28. The zero-order valence-corrected chi connectivity index (χ0v) is 26.2.